The first-order valence-corrected chi connectivity index (χ1v) is 10.3. The van der Waals surface area contributed by atoms with E-state index in [4.69, 9.17) is 9.72 Å². The summed E-state index contributed by atoms with van der Waals surface area (Å²) in [4.78, 5) is 19.1. The zero-order valence-electron chi connectivity index (χ0n) is 16.0. The molecular weight excluding hydrogens is 358 g/mol. The van der Waals surface area contributed by atoms with Crippen LogP contribution in [0.4, 0.5) is 0 Å². The summed E-state index contributed by atoms with van der Waals surface area (Å²) in [7, 11) is 1.66. The number of aryl methyl sites for hydroxylation is 1. The molecule has 2 heterocycles. The van der Waals surface area contributed by atoms with Gasteiger partial charge in [0.25, 0.3) is 5.91 Å². The van der Waals surface area contributed by atoms with Gasteiger partial charge in [0.15, 0.2) is 4.96 Å². The molecule has 27 heavy (non-hydrogen) atoms. The molecule has 0 bridgehead atoms. The standard InChI is InChI=1S/C21H25N3O2S/c1-13-6-4-5-7-17(13)22-20(25)19-14(2)24-12-18(23-21(24)27-19)15-8-10-16(26-3)11-9-15/h8-13,17H,4-7H2,1-3H3,(H,22,25)/t13-,17-/m0/s1. The van der Waals surface area contributed by atoms with E-state index in [2.05, 4.69) is 12.2 Å². The van der Waals surface area contributed by atoms with E-state index in [0.717, 1.165) is 39.0 Å². The Balaban J connectivity index is 1.57. The summed E-state index contributed by atoms with van der Waals surface area (Å²) >= 11 is 1.46. The molecule has 6 heteroatoms. The number of fused-ring (bicyclic) bond motifs is 1. The van der Waals surface area contributed by atoms with Crippen LogP contribution in [0.2, 0.25) is 0 Å². The zero-order valence-corrected chi connectivity index (χ0v) is 16.8. The molecule has 1 fully saturated rings. The maximum Gasteiger partial charge on any atom is 0.263 e. The van der Waals surface area contributed by atoms with Crippen LogP contribution in [-0.2, 0) is 0 Å². The van der Waals surface area contributed by atoms with Crippen molar-refractivity contribution in [2.45, 2.75) is 45.6 Å². The molecule has 0 aliphatic heterocycles. The molecule has 2 atom stereocenters. The van der Waals surface area contributed by atoms with Crippen molar-refractivity contribution >= 4 is 22.2 Å². The molecule has 1 aromatic carbocycles. The third-order valence-corrected chi connectivity index (χ3v) is 6.73. The number of nitrogens with one attached hydrogen (secondary N) is 1. The van der Waals surface area contributed by atoms with E-state index in [1.165, 1.54) is 30.6 Å². The summed E-state index contributed by atoms with van der Waals surface area (Å²) < 4.78 is 7.23. The monoisotopic (exact) mass is 383 g/mol. The molecule has 1 saturated carbocycles. The predicted molar refractivity (Wildman–Crippen MR) is 109 cm³/mol. The highest BCUT2D eigenvalue weighted by Crippen LogP contribution is 2.29. The van der Waals surface area contributed by atoms with E-state index in [0.29, 0.717) is 5.92 Å². The number of carbonyl (C=O) groups is 1. The Bertz CT molecular complexity index is 958. The number of benzene rings is 1. The summed E-state index contributed by atoms with van der Waals surface area (Å²) in [5, 5.41) is 3.25. The molecule has 2 aromatic heterocycles. The minimum atomic E-state index is 0.0350. The number of imidazole rings is 1. The first-order valence-electron chi connectivity index (χ1n) is 9.50. The van der Waals surface area contributed by atoms with Crippen molar-refractivity contribution in [3.63, 3.8) is 0 Å². The molecule has 0 saturated heterocycles. The van der Waals surface area contributed by atoms with Crippen molar-refractivity contribution in [1.29, 1.82) is 0 Å². The van der Waals surface area contributed by atoms with Crippen molar-refractivity contribution in [2.24, 2.45) is 5.92 Å². The Labute approximate surface area is 163 Å². The maximum atomic E-state index is 12.8. The lowest BCUT2D eigenvalue weighted by atomic mass is 9.86. The molecule has 0 unspecified atom stereocenters. The largest absolute Gasteiger partial charge is 0.497 e. The Morgan fingerprint density at radius 1 is 1.26 bits per heavy atom. The predicted octanol–water partition coefficient (Wildman–Crippen LogP) is 4.69. The number of amides is 1. The van der Waals surface area contributed by atoms with Gasteiger partial charge in [0.2, 0.25) is 0 Å². The van der Waals surface area contributed by atoms with E-state index < -0.39 is 0 Å². The van der Waals surface area contributed by atoms with Crippen LogP contribution in [0.15, 0.2) is 30.5 Å². The van der Waals surface area contributed by atoms with Gasteiger partial charge in [0.05, 0.1) is 12.8 Å². The van der Waals surface area contributed by atoms with Crippen LogP contribution >= 0.6 is 11.3 Å². The molecular formula is C21H25N3O2S. The summed E-state index contributed by atoms with van der Waals surface area (Å²) in [5.41, 5.74) is 2.89. The highest BCUT2D eigenvalue weighted by molar-refractivity contribution is 7.19. The van der Waals surface area contributed by atoms with Crippen LogP contribution in [0.5, 0.6) is 5.75 Å². The van der Waals surface area contributed by atoms with E-state index in [1.807, 2.05) is 41.8 Å². The van der Waals surface area contributed by atoms with Gasteiger partial charge in [-0.1, -0.05) is 31.1 Å². The highest BCUT2D eigenvalue weighted by Gasteiger charge is 2.25. The van der Waals surface area contributed by atoms with Crippen molar-refractivity contribution in [2.75, 3.05) is 7.11 Å². The molecule has 5 nitrogen and oxygen atoms in total. The van der Waals surface area contributed by atoms with Gasteiger partial charge < -0.3 is 10.1 Å². The average Bonchev–Trinajstić information content (AvgIpc) is 3.23. The van der Waals surface area contributed by atoms with Crippen LogP contribution < -0.4 is 10.1 Å². The second-order valence-corrected chi connectivity index (χ2v) is 8.34. The topological polar surface area (TPSA) is 55.6 Å². The fourth-order valence-corrected chi connectivity index (χ4v) is 4.84. The van der Waals surface area contributed by atoms with Crippen LogP contribution in [0, 0.1) is 12.8 Å². The number of aromatic nitrogens is 2. The number of nitrogens with zero attached hydrogens (tertiary/aromatic N) is 2. The number of methoxy groups -OCH3 is 1. The van der Waals surface area contributed by atoms with Gasteiger partial charge in [-0.05, 0) is 49.9 Å². The van der Waals surface area contributed by atoms with E-state index in [1.54, 1.807) is 7.11 Å². The van der Waals surface area contributed by atoms with Crippen LogP contribution in [0.1, 0.15) is 48.0 Å². The second kappa shape index (κ2) is 7.35. The number of hydrogen-bond donors (Lipinski definition) is 1. The summed E-state index contributed by atoms with van der Waals surface area (Å²) in [6, 6.07) is 8.15. The Morgan fingerprint density at radius 2 is 2.00 bits per heavy atom. The summed E-state index contributed by atoms with van der Waals surface area (Å²) in [5.74, 6) is 1.41. The molecule has 142 valence electrons. The first kappa shape index (κ1) is 18.0. The molecule has 0 spiro atoms. The average molecular weight is 384 g/mol. The number of rotatable bonds is 4. The first-order chi connectivity index (χ1) is 13.1. The summed E-state index contributed by atoms with van der Waals surface area (Å²) in [6.45, 7) is 4.22. The van der Waals surface area contributed by atoms with Crippen molar-refractivity contribution in [3.05, 3.63) is 41.0 Å². The van der Waals surface area contributed by atoms with Crippen LogP contribution in [-0.4, -0.2) is 28.4 Å². The summed E-state index contributed by atoms with van der Waals surface area (Å²) in [6.07, 6.45) is 6.75. The van der Waals surface area contributed by atoms with Gasteiger partial charge in [-0.25, -0.2) is 4.98 Å². The lowest BCUT2D eigenvalue weighted by Gasteiger charge is -2.29. The molecule has 1 aliphatic carbocycles. The smallest absolute Gasteiger partial charge is 0.263 e. The number of ether oxygens (including phenoxy) is 1. The van der Waals surface area contributed by atoms with Crippen LogP contribution in [0.3, 0.4) is 0 Å². The van der Waals surface area contributed by atoms with E-state index in [9.17, 15) is 4.79 Å². The SMILES string of the molecule is COc1ccc(-c2cn3c(C)c(C(=O)N[C@H]4CCCC[C@@H]4C)sc3n2)cc1. The lowest BCUT2D eigenvalue weighted by molar-refractivity contribution is 0.0913. The number of hydrogen-bond acceptors (Lipinski definition) is 4. The quantitative estimate of drug-likeness (QED) is 0.711. The van der Waals surface area contributed by atoms with Crippen molar-refractivity contribution in [3.8, 4) is 17.0 Å². The molecule has 1 amide bonds. The fourth-order valence-electron chi connectivity index (χ4n) is 3.83. The van der Waals surface area contributed by atoms with Gasteiger partial charge in [0, 0.05) is 23.5 Å². The molecule has 1 aliphatic rings. The molecule has 4 rings (SSSR count). The van der Waals surface area contributed by atoms with Gasteiger partial charge in [-0.2, -0.15) is 0 Å². The van der Waals surface area contributed by atoms with Gasteiger partial charge >= 0.3 is 0 Å². The van der Waals surface area contributed by atoms with Crippen molar-refractivity contribution < 1.29 is 9.53 Å². The molecule has 0 radical (unpaired) electrons. The lowest BCUT2D eigenvalue weighted by Crippen LogP contribution is -2.41. The Hall–Kier alpha value is -2.34. The van der Waals surface area contributed by atoms with Crippen LogP contribution in [0.25, 0.3) is 16.2 Å². The number of thiazole rings is 1. The Morgan fingerprint density at radius 3 is 2.67 bits per heavy atom. The minimum Gasteiger partial charge on any atom is -0.497 e. The van der Waals surface area contributed by atoms with Gasteiger partial charge in [-0.15, -0.1) is 0 Å². The molecule has 1 N–H and O–H groups in total. The number of carbonyl (C=O) groups excluding carboxylic acids is 1. The zero-order chi connectivity index (χ0) is 19.0. The normalized spacial score (nSPS) is 20.0. The van der Waals surface area contributed by atoms with Gasteiger partial charge in [-0.3, -0.25) is 9.20 Å². The third-order valence-electron chi connectivity index (χ3n) is 5.58. The fraction of sp³-hybridized carbons (Fsp3) is 0.429. The highest BCUT2D eigenvalue weighted by atomic mass is 32.1. The minimum absolute atomic E-state index is 0.0350. The van der Waals surface area contributed by atoms with E-state index >= 15 is 0 Å². The third kappa shape index (κ3) is 3.46. The molecule has 3 aromatic rings. The van der Waals surface area contributed by atoms with Crippen molar-refractivity contribution in [1.82, 2.24) is 14.7 Å². The van der Waals surface area contributed by atoms with E-state index in [-0.39, 0.29) is 11.9 Å². The second-order valence-electron chi connectivity index (χ2n) is 7.37. The maximum absolute atomic E-state index is 12.8. The Kier molecular flexibility index (Phi) is 4.91. The van der Waals surface area contributed by atoms with Gasteiger partial charge in [0.1, 0.15) is 10.6 Å².